The average Bonchev–Trinajstić information content (AvgIpc) is 3.63. The molecule has 0 N–H and O–H groups in total. The largest absolute Gasteiger partial charge is 0.493 e. The summed E-state index contributed by atoms with van der Waals surface area (Å²) in [7, 11) is 2.61. The van der Waals surface area contributed by atoms with Crippen molar-refractivity contribution >= 4 is 56.3 Å². The second-order valence-corrected chi connectivity index (χ2v) is 19.7. The monoisotopic (exact) mass is 1090 g/mol. The standard InChI is InChI=1S/C62H50N10O10/c1-69-59(75)51-57(67-47-25-5-3-23-45(47)65-51)71(61(69)77)35-49(73)81-55-41-19-13-20-42(55)32-38-16-12-18-40(54(38)80-30-10-8-28-64)34-44-22-14-21-43(33-39-17-11-15-37(31-41)53(39)79-29-9-7-27-63)56(44)82-50(74)36-72-58-52(60(76)70(2)62(72)78)66-46-24-4-6-26-48(46)68-58/h3-6,11-26H,7-10,29-36H2,1-2H3. The smallest absolute Gasteiger partial charge is 0.333 e. The zero-order chi connectivity index (χ0) is 57.0. The van der Waals surface area contributed by atoms with Crippen LogP contribution >= 0.6 is 0 Å². The molecule has 20 nitrogen and oxygen atoms in total. The molecule has 0 radical (unpaired) electrons. The Hall–Kier alpha value is -10.6. The quantitative estimate of drug-likeness (QED) is 0.0466. The number of aromatic nitrogens is 8. The Balaban J connectivity index is 1.03. The zero-order valence-corrected chi connectivity index (χ0v) is 44.6. The van der Waals surface area contributed by atoms with Gasteiger partial charge in [-0.2, -0.15) is 10.5 Å². The molecule has 20 heteroatoms. The van der Waals surface area contributed by atoms with Crippen LogP contribution in [0.3, 0.4) is 0 Å². The molecule has 11 rings (SSSR count). The molecule has 0 saturated heterocycles. The average molecular weight is 1100 g/mol. The first-order valence-electron chi connectivity index (χ1n) is 26.5. The lowest BCUT2D eigenvalue weighted by Gasteiger charge is -2.22. The number of fused-ring (bicyclic) bond motifs is 12. The van der Waals surface area contributed by atoms with Crippen LogP contribution in [-0.2, 0) is 62.5 Å². The van der Waals surface area contributed by atoms with Crippen molar-refractivity contribution in [2.24, 2.45) is 14.1 Å². The maximum Gasteiger partial charge on any atom is 0.333 e. The third-order valence-corrected chi connectivity index (χ3v) is 14.3. The lowest BCUT2D eigenvalue weighted by molar-refractivity contribution is -0.136. The number of unbranched alkanes of at least 4 members (excludes halogenated alkanes) is 2. The normalized spacial score (nSPS) is 12.0. The summed E-state index contributed by atoms with van der Waals surface area (Å²) in [6, 6.07) is 40.5. The van der Waals surface area contributed by atoms with Gasteiger partial charge in [0.1, 0.15) is 36.1 Å². The fourth-order valence-corrected chi connectivity index (χ4v) is 10.3. The van der Waals surface area contributed by atoms with E-state index in [4.69, 9.17) is 18.9 Å². The predicted molar refractivity (Wildman–Crippen MR) is 302 cm³/mol. The first kappa shape index (κ1) is 53.4. The van der Waals surface area contributed by atoms with Crippen LogP contribution in [0.1, 0.15) is 70.2 Å². The van der Waals surface area contributed by atoms with E-state index in [1.807, 2.05) is 72.8 Å². The molecule has 4 aromatic heterocycles. The van der Waals surface area contributed by atoms with Gasteiger partial charge in [0.05, 0.1) is 47.4 Å². The van der Waals surface area contributed by atoms with E-state index in [0.717, 1.165) is 18.3 Å². The molecule has 82 heavy (non-hydrogen) atoms. The number of esters is 2. The van der Waals surface area contributed by atoms with Crippen LogP contribution < -0.4 is 41.4 Å². The highest BCUT2D eigenvalue weighted by molar-refractivity contribution is 5.86. The molecule has 0 unspecified atom stereocenters. The Morgan fingerprint density at radius 3 is 1.07 bits per heavy atom. The summed E-state index contributed by atoms with van der Waals surface area (Å²) in [6.45, 7) is -0.921. The Morgan fingerprint density at radius 2 is 0.756 bits per heavy atom. The number of carbonyl (C=O) groups is 2. The lowest BCUT2D eigenvalue weighted by atomic mass is 9.91. The Labute approximate surface area is 466 Å². The van der Waals surface area contributed by atoms with Crippen molar-refractivity contribution in [3.05, 3.63) is 208 Å². The number of ether oxygens (including phenoxy) is 4. The van der Waals surface area contributed by atoms with Crippen LogP contribution in [0.15, 0.2) is 141 Å². The minimum Gasteiger partial charge on any atom is -0.493 e. The van der Waals surface area contributed by atoms with Crippen molar-refractivity contribution in [2.75, 3.05) is 13.2 Å². The third-order valence-electron chi connectivity index (χ3n) is 14.3. The minimum absolute atomic E-state index is 0.0800. The Morgan fingerprint density at radius 1 is 0.451 bits per heavy atom. The van der Waals surface area contributed by atoms with E-state index in [9.17, 15) is 39.3 Å². The van der Waals surface area contributed by atoms with Gasteiger partial charge in [-0.05, 0) is 81.6 Å². The van der Waals surface area contributed by atoms with Crippen LogP contribution in [0.5, 0.6) is 23.0 Å². The van der Waals surface area contributed by atoms with Crippen LogP contribution in [0.4, 0.5) is 0 Å². The molecule has 4 heterocycles. The Bertz CT molecular complexity index is 4210. The number of hydrogen-bond acceptors (Lipinski definition) is 16. The van der Waals surface area contributed by atoms with Gasteiger partial charge in [0.25, 0.3) is 11.1 Å². The number of nitrogens with zero attached hydrogens (tertiary/aromatic N) is 10. The molecule has 8 bridgehead atoms. The van der Waals surface area contributed by atoms with E-state index in [2.05, 4.69) is 32.1 Å². The van der Waals surface area contributed by atoms with Crippen molar-refractivity contribution in [1.29, 1.82) is 10.5 Å². The molecule has 0 fully saturated rings. The van der Waals surface area contributed by atoms with Gasteiger partial charge in [0.2, 0.25) is 0 Å². The SMILES string of the molecule is Cn1c(=O)c2nc3ccccc3nc2n(CC(=O)Oc2c3cccc2Cc2cccc(c2OCCCC#N)Cc2cccc(c2OC(=O)Cn2c(=O)n(C)c(=O)c4nc5ccccc5nc42)Cc2cccc(c2OCCCC#N)C3)c1=O. The van der Waals surface area contributed by atoms with Gasteiger partial charge in [-0.1, -0.05) is 97.1 Å². The van der Waals surface area contributed by atoms with Gasteiger partial charge in [0.15, 0.2) is 22.3 Å². The van der Waals surface area contributed by atoms with E-state index < -0.39 is 47.5 Å². The van der Waals surface area contributed by atoms with Gasteiger partial charge in [0, 0.05) is 52.6 Å². The second-order valence-electron chi connectivity index (χ2n) is 19.7. The summed E-state index contributed by atoms with van der Waals surface area (Å²) < 4.78 is 30.0. The molecular formula is C62H50N10O10. The third kappa shape index (κ3) is 10.6. The molecule has 1 aliphatic rings. The maximum atomic E-state index is 14.6. The lowest BCUT2D eigenvalue weighted by Crippen LogP contribution is -2.40. The van der Waals surface area contributed by atoms with E-state index >= 15 is 0 Å². The molecule has 0 atom stereocenters. The second kappa shape index (κ2) is 23.0. The van der Waals surface area contributed by atoms with Gasteiger partial charge in [-0.15, -0.1) is 0 Å². The molecule has 408 valence electrons. The van der Waals surface area contributed by atoms with Gasteiger partial charge >= 0.3 is 23.3 Å². The van der Waals surface area contributed by atoms with Crippen molar-refractivity contribution in [1.82, 2.24) is 38.2 Å². The van der Waals surface area contributed by atoms with Crippen molar-refractivity contribution in [3.8, 4) is 35.1 Å². The number of carbonyl (C=O) groups excluding carboxylic acids is 2. The molecular weight excluding hydrogens is 1040 g/mol. The first-order chi connectivity index (χ1) is 39.9. The molecule has 0 spiro atoms. The van der Waals surface area contributed by atoms with Crippen LogP contribution in [-0.4, -0.2) is 63.4 Å². The fourth-order valence-electron chi connectivity index (χ4n) is 10.3. The summed E-state index contributed by atoms with van der Waals surface area (Å²) in [5.74, 6) is -0.272. The highest BCUT2D eigenvalue weighted by atomic mass is 16.5. The topological polar surface area (TPSA) is 258 Å². The van der Waals surface area contributed by atoms with Crippen molar-refractivity contribution in [3.63, 3.8) is 0 Å². The highest BCUT2D eigenvalue weighted by Crippen LogP contribution is 2.39. The molecule has 0 aliphatic heterocycles. The number of para-hydroxylation sites is 8. The number of benzene rings is 6. The van der Waals surface area contributed by atoms with Crippen molar-refractivity contribution < 1.29 is 28.5 Å². The first-order valence-corrected chi connectivity index (χ1v) is 26.5. The van der Waals surface area contributed by atoms with Gasteiger partial charge in [-0.3, -0.25) is 27.9 Å². The highest BCUT2D eigenvalue weighted by Gasteiger charge is 2.26. The van der Waals surface area contributed by atoms with Crippen LogP contribution in [0, 0.1) is 22.7 Å². The van der Waals surface area contributed by atoms with Crippen LogP contribution in [0.2, 0.25) is 0 Å². The summed E-state index contributed by atoms with van der Waals surface area (Å²) in [6.07, 6.45) is 1.90. The molecule has 0 saturated carbocycles. The number of nitriles is 2. The van der Waals surface area contributed by atoms with Gasteiger partial charge < -0.3 is 18.9 Å². The summed E-state index contributed by atoms with van der Waals surface area (Å²) in [4.78, 5) is 102. The summed E-state index contributed by atoms with van der Waals surface area (Å²) in [5, 5.41) is 19.0. The van der Waals surface area contributed by atoms with E-state index in [-0.39, 0.29) is 85.6 Å². The minimum atomic E-state index is -0.833. The summed E-state index contributed by atoms with van der Waals surface area (Å²) >= 11 is 0. The molecule has 6 aromatic carbocycles. The Kier molecular flexibility index (Phi) is 15.0. The van der Waals surface area contributed by atoms with Gasteiger partial charge in [-0.25, -0.2) is 39.1 Å². The number of rotatable bonds is 14. The molecule has 10 aromatic rings. The summed E-state index contributed by atoms with van der Waals surface area (Å²) in [5.41, 5.74) is 3.45. The fraction of sp³-hybridized carbons (Fsp3) is 0.226. The van der Waals surface area contributed by atoms with E-state index in [0.29, 0.717) is 90.9 Å². The maximum absolute atomic E-state index is 14.6. The van der Waals surface area contributed by atoms with E-state index in [1.54, 1.807) is 48.5 Å². The molecule has 1 aliphatic carbocycles. The van der Waals surface area contributed by atoms with Crippen molar-refractivity contribution in [2.45, 2.75) is 64.5 Å². The van der Waals surface area contributed by atoms with Crippen LogP contribution in [0.25, 0.3) is 44.4 Å². The number of hydrogen-bond donors (Lipinski definition) is 0. The zero-order valence-electron chi connectivity index (χ0n) is 44.6. The molecule has 0 amide bonds. The van der Waals surface area contributed by atoms with E-state index in [1.165, 1.54) is 14.1 Å². The predicted octanol–water partition coefficient (Wildman–Crippen LogP) is 6.85.